The van der Waals surface area contributed by atoms with Crippen molar-refractivity contribution < 1.29 is 9.18 Å². The van der Waals surface area contributed by atoms with Gasteiger partial charge in [0.2, 0.25) is 0 Å². The number of pyridine rings is 2. The summed E-state index contributed by atoms with van der Waals surface area (Å²) >= 11 is 3.33. The fraction of sp³-hybridized carbons (Fsp3) is 0.105. The largest absolute Gasteiger partial charge is 0.330 e. The topological polar surface area (TPSA) is 46.1 Å². The van der Waals surface area contributed by atoms with Crippen LogP contribution in [-0.4, -0.2) is 20.8 Å². The standard InChI is InChI=1S/C19H15BrFN3O/c20-18-4-3-16(21)10-17(18)19(25)24(12-14-5-8-22-9-6-14)13-15-2-1-7-23-11-15/h1-11H,12-13H2. The van der Waals surface area contributed by atoms with Crippen LogP contribution in [0.25, 0.3) is 0 Å². The highest BCUT2D eigenvalue weighted by atomic mass is 79.9. The Morgan fingerprint density at radius 2 is 1.76 bits per heavy atom. The Morgan fingerprint density at radius 3 is 2.48 bits per heavy atom. The van der Waals surface area contributed by atoms with Gasteiger partial charge in [-0.2, -0.15) is 0 Å². The van der Waals surface area contributed by atoms with E-state index in [1.54, 1.807) is 29.7 Å². The van der Waals surface area contributed by atoms with E-state index < -0.39 is 5.82 Å². The zero-order valence-corrected chi connectivity index (χ0v) is 14.9. The van der Waals surface area contributed by atoms with Crippen molar-refractivity contribution in [2.24, 2.45) is 0 Å². The van der Waals surface area contributed by atoms with Crippen LogP contribution < -0.4 is 0 Å². The quantitative estimate of drug-likeness (QED) is 0.644. The predicted molar refractivity (Wildman–Crippen MR) is 96.2 cm³/mol. The number of rotatable bonds is 5. The molecule has 0 unspecified atom stereocenters. The van der Waals surface area contributed by atoms with Crippen LogP contribution in [0.3, 0.4) is 0 Å². The second kappa shape index (κ2) is 7.98. The van der Waals surface area contributed by atoms with Crippen LogP contribution in [0.4, 0.5) is 4.39 Å². The smallest absolute Gasteiger partial charge is 0.255 e. The molecule has 1 amide bonds. The van der Waals surface area contributed by atoms with Gasteiger partial charge in [-0.15, -0.1) is 0 Å². The van der Waals surface area contributed by atoms with Crippen molar-refractivity contribution in [3.05, 3.63) is 94.2 Å². The molecule has 0 radical (unpaired) electrons. The monoisotopic (exact) mass is 399 g/mol. The first-order chi connectivity index (χ1) is 12.1. The molecule has 25 heavy (non-hydrogen) atoms. The van der Waals surface area contributed by atoms with E-state index >= 15 is 0 Å². The number of hydrogen-bond acceptors (Lipinski definition) is 3. The summed E-state index contributed by atoms with van der Waals surface area (Å²) in [5.41, 5.74) is 2.13. The van der Waals surface area contributed by atoms with Crippen LogP contribution >= 0.6 is 15.9 Å². The minimum Gasteiger partial charge on any atom is -0.330 e. The zero-order valence-electron chi connectivity index (χ0n) is 13.3. The van der Waals surface area contributed by atoms with E-state index in [4.69, 9.17) is 0 Å². The lowest BCUT2D eigenvalue weighted by molar-refractivity contribution is 0.0728. The Bertz CT molecular complexity index is 818. The zero-order chi connectivity index (χ0) is 17.6. The molecule has 0 N–H and O–H groups in total. The van der Waals surface area contributed by atoms with E-state index in [-0.39, 0.29) is 11.5 Å². The Hall–Kier alpha value is -2.60. The van der Waals surface area contributed by atoms with Gasteiger partial charge >= 0.3 is 0 Å². The van der Waals surface area contributed by atoms with E-state index in [2.05, 4.69) is 25.9 Å². The molecule has 0 atom stereocenters. The first-order valence-electron chi connectivity index (χ1n) is 7.65. The Morgan fingerprint density at radius 1 is 1.00 bits per heavy atom. The van der Waals surface area contributed by atoms with Gasteiger partial charge in [-0.05, 0) is 63.5 Å². The van der Waals surface area contributed by atoms with Crippen molar-refractivity contribution in [3.63, 3.8) is 0 Å². The second-order valence-corrected chi connectivity index (χ2v) is 6.36. The third-order valence-corrected chi connectivity index (χ3v) is 4.36. The lowest BCUT2D eigenvalue weighted by atomic mass is 10.1. The van der Waals surface area contributed by atoms with E-state index in [9.17, 15) is 9.18 Å². The summed E-state index contributed by atoms with van der Waals surface area (Å²) in [5, 5.41) is 0. The average molecular weight is 400 g/mol. The van der Waals surface area contributed by atoms with Gasteiger partial charge in [0, 0.05) is 42.3 Å². The summed E-state index contributed by atoms with van der Waals surface area (Å²) in [6.45, 7) is 0.761. The first kappa shape index (κ1) is 17.2. The molecule has 4 nitrogen and oxygen atoms in total. The van der Waals surface area contributed by atoms with E-state index in [1.165, 1.54) is 18.2 Å². The maximum Gasteiger partial charge on any atom is 0.255 e. The van der Waals surface area contributed by atoms with Crippen molar-refractivity contribution >= 4 is 21.8 Å². The number of carbonyl (C=O) groups is 1. The third kappa shape index (κ3) is 4.48. The SMILES string of the molecule is O=C(c1cc(F)ccc1Br)N(Cc1ccncc1)Cc1cccnc1. The van der Waals surface area contributed by atoms with Crippen LogP contribution in [0, 0.1) is 5.82 Å². The van der Waals surface area contributed by atoms with E-state index in [0.29, 0.717) is 17.6 Å². The van der Waals surface area contributed by atoms with Gasteiger partial charge in [-0.25, -0.2) is 4.39 Å². The average Bonchev–Trinajstić information content (AvgIpc) is 2.64. The summed E-state index contributed by atoms with van der Waals surface area (Å²) in [4.78, 5) is 22.8. The summed E-state index contributed by atoms with van der Waals surface area (Å²) in [5.74, 6) is -0.705. The van der Waals surface area contributed by atoms with Crippen LogP contribution in [0.1, 0.15) is 21.5 Å². The molecule has 3 aromatic rings. The fourth-order valence-corrected chi connectivity index (χ4v) is 2.87. The molecule has 0 aliphatic carbocycles. The number of nitrogens with zero attached hydrogens (tertiary/aromatic N) is 3. The molecule has 0 bridgehead atoms. The van der Waals surface area contributed by atoms with Crippen molar-refractivity contribution in [2.75, 3.05) is 0 Å². The molecule has 0 aliphatic heterocycles. The highest BCUT2D eigenvalue weighted by Gasteiger charge is 2.20. The molecule has 6 heteroatoms. The Labute approximate surface area is 153 Å². The highest BCUT2D eigenvalue weighted by molar-refractivity contribution is 9.10. The molecule has 0 saturated carbocycles. The molecular formula is C19H15BrFN3O. The molecule has 0 spiro atoms. The van der Waals surface area contributed by atoms with Crippen LogP contribution in [0.5, 0.6) is 0 Å². The van der Waals surface area contributed by atoms with Crippen molar-refractivity contribution in [2.45, 2.75) is 13.1 Å². The lowest BCUT2D eigenvalue weighted by Crippen LogP contribution is -2.30. The molecule has 3 rings (SSSR count). The van der Waals surface area contributed by atoms with Crippen molar-refractivity contribution in [1.82, 2.24) is 14.9 Å². The van der Waals surface area contributed by atoms with Crippen LogP contribution in [-0.2, 0) is 13.1 Å². The van der Waals surface area contributed by atoms with Crippen molar-refractivity contribution in [1.29, 1.82) is 0 Å². The molecule has 126 valence electrons. The second-order valence-electron chi connectivity index (χ2n) is 5.50. The number of benzene rings is 1. The third-order valence-electron chi connectivity index (χ3n) is 3.67. The maximum atomic E-state index is 13.6. The number of hydrogen-bond donors (Lipinski definition) is 0. The maximum absolute atomic E-state index is 13.6. The Kier molecular flexibility index (Phi) is 5.50. The van der Waals surface area contributed by atoms with Crippen LogP contribution in [0.2, 0.25) is 0 Å². The number of halogens is 2. The molecule has 1 aromatic carbocycles. The summed E-state index contributed by atoms with van der Waals surface area (Å²) in [6.07, 6.45) is 6.76. The number of carbonyl (C=O) groups excluding carboxylic acids is 1. The van der Waals surface area contributed by atoms with Gasteiger partial charge < -0.3 is 4.90 Å². The summed E-state index contributed by atoms with van der Waals surface area (Å²) < 4.78 is 14.2. The minimum atomic E-state index is -0.447. The van der Waals surface area contributed by atoms with Crippen LogP contribution in [0.15, 0.2) is 71.7 Å². The van der Waals surface area contributed by atoms with E-state index in [1.807, 2.05) is 24.3 Å². The van der Waals surface area contributed by atoms with Gasteiger partial charge in [0.1, 0.15) is 5.82 Å². The lowest BCUT2D eigenvalue weighted by Gasteiger charge is -2.23. The Balaban J connectivity index is 1.92. The van der Waals surface area contributed by atoms with Crippen molar-refractivity contribution in [3.8, 4) is 0 Å². The van der Waals surface area contributed by atoms with Gasteiger partial charge in [0.05, 0.1) is 5.56 Å². The molecule has 0 fully saturated rings. The van der Waals surface area contributed by atoms with Gasteiger partial charge in [-0.3, -0.25) is 14.8 Å². The molecule has 0 aliphatic rings. The van der Waals surface area contributed by atoms with Gasteiger partial charge in [0.25, 0.3) is 5.91 Å². The van der Waals surface area contributed by atoms with Gasteiger partial charge in [-0.1, -0.05) is 6.07 Å². The summed E-state index contributed by atoms with van der Waals surface area (Å²) in [7, 11) is 0. The van der Waals surface area contributed by atoms with Gasteiger partial charge in [0.15, 0.2) is 0 Å². The highest BCUT2D eigenvalue weighted by Crippen LogP contribution is 2.22. The fourth-order valence-electron chi connectivity index (χ4n) is 2.45. The predicted octanol–water partition coefficient (Wildman–Crippen LogP) is 4.22. The molecular weight excluding hydrogens is 385 g/mol. The molecule has 2 aromatic heterocycles. The summed E-state index contributed by atoms with van der Waals surface area (Å²) in [6, 6.07) is 11.5. The molecule has 0 saturated heterocycles. The number of amides is 1. The molecule has 2 heterocycles. The number of aromatic nitrogens is 2. The normalized spacial score (nSPS) is 10.5. The van der Waals surface area contributed by atoms with E-state index in [0.717, 1.165) is 11.1 Å². The minimum absolute atomic E-state index is 0.257. The first-order valence-corrected chi connectivity index (χ1v) is 8.45.